The molecule has 8 rings (SSSR count). The summed E-state index contributed by atoms with van der Waals surface area (Å²) in [6, 6.07) is 36.6. The van der Waals surface area contributed by atoms with Crippen LogP contribution in [0.2, 0.25) is 0 Å². The summed E-state index contributed by atoms with van der Waals surface area (Å²) in [5, 5.41) is 4.07. The first kappa shape index (κ1) is 21.0. The number of fused-ring (bicyclic) bond motifs is 10. The van der Waals surface area contributed by atoms with Crippen molar-refractivity contribution in [3.8, 4) is 11.4 Å². The summed E-state index contributed by atoms with van der Waals surface area (Å²) in [5.41, 5.74) is 6.35. The van der Waals surface area contributed by atoms with Gasteiger partial charge in [-0.25, -0.2) is 0 Å². The number of amides is 2. The molecule has 5 nitrogen and oxygen atoms in total. The van der Waals surface area contributed by atoms with E-state index >= 15 is 0 Å². The molecular formula is C33H21N3O2. The lowest BCUT2D eigenvalue weighted by atomic mass is 9.98. The van der Waals surface area contributed by atoms with E-state index in [1.165, 1.54) is 4.90 Å². The van der Waals surface area contributed by atoms with Crippen molar-refractivity contribution in [1.29, 1.82) is 0 Å². The Morgan fingerprint density at radius 1 is 0.474 bits per heavy atom. The van der Waals surface area contributed by atoms with Crippen LogP contribution in [0.4, 0.5) is 0 Å². The topological polar surface area (TPSA) is 47.2 Å². The van der Waals surface area contributed by atoms with Gasteiger partial charge in [-0.3, -0.25) is 14.5 Å². The van der Waals surface area contributed by atoms with Crippen LogP contribution in [0.25, 0.3) is 55.0 Å². The fourth-order valence-electron chi connectivity index (χ4n) is 6.23. The second-order valence-corrected chi connectivity index (χ2v) is 9.74. The Bertz CT molecular complexity index is 1970. The third-order valence-electron chi connectivity index (χ3n) is 7.79. The van der Waals surface area contributed by atoms with Crippen molar-refractivity contribution in [2.24, 2.45) is 0 Å². The number of rotatable bonds is 2. The van der Waals surface area contributed by atoms with Crippen LogP contribution in [-0.2, 0) is 0 Å². The predicted octanol–water partition coefficient (Wildman–Crippen LogP) is 7.11. The molecule has 5 heteroatoms. The predicted molar refractivity (Wildman–Crippen MR) is 152 cm³/mol. The second kappa shape index (κ2) is 7.43. The van der Waals surface area contributed by atoms with E-state index in [9.17, 15) is 9.59 Å². The summed E-state index contributed by atoms with van der Waals surface area (Å²) in [5.74, 6) is -0.552. The van der Waals surface area contributed by atoms with E-state index in [-0.39, 0.29) is 11.8 Å². The molecule has 0 radical (unpaired) electrons. The number of hydrogen-bond donors (Lipinski definition) is 0. The molecule has 1 aliphatic rings. The van der Waals surface area contributed by atoms with E-state index < -0.39 is 0 Å². The lowest BCUT2D eigenvalue weighted by molar-refractivity contribution is 0.0694. The Hall–Kier alpha value is -5.16. The van der Waals surface area contributed by atoms with Crippen LogP contribution >= 0.6 is 0 Å². The van der Waals surface area contributed by atoms with Crippen molar-refractivity contribution in [2.45, 2.75) is 0 Å². The van der Waals surface area contributed by atoms with Gasteiger partial charge in [0, 0.05) is 40.0 Å². The van der Waals surface area contributed by atoms with Gasteiger partial charge in [-0.05, 0) is 36.4 Å². The number of benzene rings is 5. The van der Waals surface area contributed by atoms with Crippen LogP contribution < -0.4 is 0 Å². The first-order valence-corrected chi connectivity index (χ1v) is 12.6. The molecule has 38 heavy (non-hydrogen) atoms. The van der Waals surface area contributed by atoms with Crippen molar-refractivity contribution in [1.82, 2.24) is 14.0 Å². The van der Waals surface area contributed by atoms with Crippen molar-refractivity contribution in [3.63, 3.8) is 0 Å². The average Bonchev–Trinajstić information content (AvgIpc) is 3.56. The molecule has 0 unspecified atom stereocenters. The monoisotopic (exact) mass is 491 g/mol. The molecule has 0 saturated carbocycles. The quantitative estimate of drug-likeness (QED) is 0.242. The van der Waals surface area contributed by atoms with E-state index in [2.05, 4.69) is 33.4 Å². The van der Waals surface area contributed by atoms with Crippen molar-refractivity contribution in [2.75, 3.05) is 7.05 Å². The summed E-state index contributed by atoms with van der Waals surface area (Å²) in [4.78, 5) is 29.0. The lowest BCUT2D eigenvalue weighted by Crippen LogP contribution is -2.24. The molecule has 2 aromatic heterocycles. The molecule has 0 aliphatic carbocycles. The number of carbonyl (C=O) groups excluding carboxylic acids is 2. The maximum atomic E-state index is 13.9. The smallest absolute Gasteiger partial charge is 0.263 e. The molecule has 2 amide bonds. The van der Waals surface area contributed by atoms with Crippen LogP contribution in [0.1, 0.15) is 20.7 Å². The highest BCUT2D eigenvalue weighted by molar-refractivity contribution is 6.39. The maximum absolute atomic E-state index is 13.9. The van der Waals surface area contributed by atoms with Gasteiger partial charge in [0.15, 0.2) is 0 Å². The molecule has 0 fully saturated rings. The largest absolute Gasteiger partial charge is 0.308 e. The van der Waals surface area contributed by atoms with Crippen LogP contribution in [0.3, 0.4) is 0 Å². The first-order valence-electron chi connectivity index (χ1n) is 12.6. The fourth-order valence-corrected chi connectivity index (χ4v) is 6.23. The number of aromatic nitrogens is 2. The molecule has 0 N–H and O–H groups in total. The molecule has 0 bridgehead atoms. The van der Waals surface area contributed by atoms with Gasteiger partial charge in [0.05, 0.1) is 33.2 Å². The van der Waals surface area contributed by atoms with Gasteiger partial charge in [0.25, 0.3) is 11.8 Å². The molecule has 180 valence electrons. The van der Waals surface area contributed by atoms with Gasteiger partial charge in [0.1, 0.15) is 0 Å². The van der Waals surface area contributed by atoms with Gasteiger partial charge >= 0.3 is 0 Å². The summed E-state index contributed by atoms with van der Waals surface area (Å²) >= 11 is 0. The van der Waals surface area contributed by atoms with Crippen LogP contribution in [0.5, 0.6) is 0 Å². The molecule has 5 aromatic carbocycles. The maximum Gasteiger partial charge on any atom is 0.263 e. The highest BCUT2D eigenvalue weighted by Gasteiger charge is 2.40. The van der Waals surface area contributed by atoms with Crippen molar-refractivity contribution in [3.05, 3.63) is 120 Å². The Balaban J connectivity index is 1.75. The van der Waals surface area contributed by atoms with Crippen LogP contribution in [0.15, 0.2) is 109 Å². The zero-order valence-electron chi connectivity index (χ0n) is 20.6. The van der Waals surface area contributed by atoms with Crippen LogP contribution in [0, 0.1) is 0 Å². The van der Waals surface area contributed by atoms with Crippen LogP contribution in [-0.4, -0.2) is 32.9 Å². The molecular weight excluding hydrogens is 470 g/mol. The lowest BCUT2D eigenvalue weighted by Gasteiger charge is -2.12. The minimum absolute atomic E-state index is 0.276. The summed E-state index contributed by atoms with van der Waals surface area (Å²) < 4.78 is 4.28. The fraction of sp³-hybridized carbons (Fsp3) is 0.0303. The summed E-state index contributed by atoms with van der Waals surface area (Å²) in [6.45, 7) is 0. The van der Waals surface area contributed by atoms with Gasteiger partial charge in [-0.2, -0.15) is 0 Å². The number of imide groups is 1. The molecule has 3 heterocycles. The summed E-state index contributed by atoms with van der Waals surface area (Å²) in [7, 11) is 1.58. The molecule has 0 saturated heterocycles. The van der Waals surface area contributed by atoms with E-state index in [1.807, 2.05) is 84.9 Å². The standard InChI is InChI=1S/C33H21N3O2/c1-34-32(37)28-29(33(34)38)31-27(23-17-9-11-19-25(23)36(31)21-14-6-3-7-15-21)26-22-16-8-10-18-24(22)35(30(26)28)20-12-4-2-5-13-20/h2-19H,1H3. The van der Waals surface area contributed by atoms with E-state index in [0.29, 0.717) is 11.1 Å². The van der Waals surface area contributed by atoms with Gasteiger partial charge in [-0.1, -0.05) is 72.8 Å². The number of carbonyl (C=O) groups is 2. The van der Waals surface area contributed by atoms with Gasteiger partial charge in [-0.15, -0.1) is 0 Å². The zero-order chi connectivity index (χ0) is 25.5. The number of nitrogens with zero attached hydrogens (tertiary/aromatic N) is 3. The van der Waals surface area contributed by atoms with Crippen molar-refractivity contribution >= 4 is 55.4 Å². The number of hydrogen-bond acceptors (Lipinski definition) is 2. The van der Waals surface area contributed by atoms with E-state index in [0.717, 1.165) is 55.0 Å². The Labute approximate surface area is 217 Å². The molecule has 0 atom stereocenters. The minimum Gasteiger partial charge on any atom is -0.308 e. The Kier molecular flexibility index (Phi) is 4.10. The Morgan fingerprint density at radius 3 is 1.26 bits per heavy atom. The third-order valence-corrected chi connectivity index (χ3v) is 7.79. The van der Waals surface area contributed by atoms with E-state index in [1.54, 1.807) is 7.05 Å². The van der Waals surface area contributed by atoms with Gasteiger partial charge < -0.3 is 9.13 Å². The molecule has 7 aromatic rings. The highest BCUT2D eigenvalue weighted by atomic mass is 16.2. The first-order chi connectivity index (χ1) is 18.7. The zero-order valence-corrected chi connectivity index (χ0v) is 20.6. The van der Waals surface area contributed by atoms with Crippen molar-refractivity contribution < 1.29 is 9.59 Å². The number of para-hydroxylation sites is 4. The molecule has 0 spiro atoms. The highest BCUT2D eigenvalue weighted by Crippen LogP contribution is 2.47. The summed E-state index contributed by atoms with van der Waals surface area (Å²) in [6.07, 6.45) is 0. The second-order valence-electron chi connectivity index (χ2n) is 9.74. The SMILES string of the molecule is CN1C(=O)c2c(c3c(c4ccccc4n3-c3ccccc3)c3c4ccccc4n(-c4ccccc4)c23)C1=O. The Morgan fingerprint density at radius 2 is 0.842 bits per heavy atom. The van der Waals surface area contributed by atoms with E-state index in [4.69, 9.17) is 0 Å². The molecule has 1 aliphatic heterocycles. The normalized spacial score (nSPS) is 13.4. The van der Waals surface area contributed by atoms with Gasteiger partial charge in [0.2, 0.25) is 0 Å². The minimum atomic E-state index is -0.276. The average molecular weight is 492 g/mol. The third kappa shape index (κ3) is 2.50.